The molecule has 262 valence electrons. The summed E-state index contributed by atoms with van der Waals surface area (Å²) in [6, 6.07) is 4.36. The van der Waals surface area contributed by atoms with Gasteiger partial charge >= 0.3 is 6.01 Å². The first-order chi connectivity index (χ1) is 23.9. The number of imide groups is 1. The molecule has 0 bridgehead atoms. The third-order valence-electron chi connectivity index (χ3n) is 9.95. The molecule has 0 radical (unpaired) electrons. The second-order valence-corrected chi connectivity index (χ2v) is 14.3. The Labute approximate surface area is 294 Å². The van der Waals surface area contributed by atoms with Crippen LogP contribution in [-0.4, -0.2) is 89.7 Å². The lowest BCUT2D eigenvalue weighted by atomic mass is 9.95. The topological polar surface area (TPSA) is 138 Å². The van der Waals surface area contributed by atoms with Crippen molar-refractivity contribution in [3.8, 4) is 29.0 Å². The fourth-order valence-corrected chi connectivity index (χ4v) is 8.69. The number of nitriles is 1. The number of hydrogen-bond acceptors (Lipinski definition) is 11. The highest BCUT2D eigenvalue weighted by molar-refractivity contribution is 7.23. The highest BCUT2D eigenvalue weighted by Gasteiger charge is 2.49. The van der Waals surface area contributed by atoms with E-state index in [1.807, 2.05) is 11.0 Å². The third-order valence-corrected chi connectivity index (χ3v) is 11.3. The molecule has 50 heavy (non-hydrogen) atoms. The molecular formula is C34H33ClF3N7O4S. The lowest BCUT2D eigenvalue weighted by Crippen LogP contribution is -2.43. The van der Waals surface area contributed by atoms with Crippen LogP contribution in [0.15, 0.2) is 12.1 Å². The van der Waals surface area contributed by atoms with Crippen LogP contribution in [0, 0.1) is 23.0 Å². The quantitative estimate of drug-likeness (QED) is 0.236. The molecule has 5 heterocycles. The van der Waals surface area contributed by atoms with Gasteiger partial charge in [-0.3, -0.25) is 19.4 Å². The number of carbonyl (C=O) groups excluding carboxylic acids is 2. The average Bonchev–Trinajstić information content (AvgIpc) is 3.69. The fraction of sp³-hybridized carbons (Fsp3) is 0.441. The number of nitrogens with two attached hydrogens (primary N) is 1. The van der Waals surface area contributed by atoms with Gasteiger partial charge in [-0.2, -0.15) is 15.2 Å². The zero-order valence-corrected chi connectivity index (χ0v) is 28.9. The Balaban J connectivity index is 1.37. The Kier molecular flexibility index (Phi) is 8.90. The van der Waals surface area contributed by atoms with E-state index in [4.69, 9.17) is 31.8 Å². The number of amides is 2. The van der Waals surface area contributed by atoms with Gasteiger partial charge < -0.3 is 20.1 Å². The number of benzene rings is 2. The number of anilines is 2. The van der Waals surface area contributed by atoms with Gasteiger partial charge in [-0.05, 0) is 37.4 Å². The van der Waals surface area contributed by atoms with Crippen LogP contribution in [0.1, 0.15) is 44.6 Å². The van der Waals surface area contributed by atoms with Crippen LogP contribution in [0.4, 0.5) is 24.0 Å². The number of thiophene rings is 1. The van der Waals surface area contributed by atoms with Gasteiger partial charge in [-0.15, -0.1) is 11.3 Å². The van der Waals surface area contributed by atoms with Gasteiger partial charge in [0.2, 0.25) is 11.8 Å². The van der Waals surface area contributed by atoms with Crippen molar-refractivity contribution in [2.45, 2.75) is 50.7 Å². The summed E-state index contributed by atoms with van der Waals surface area (Å²) in [5, 5.41) is 10.1. The maximum Gasteiger partial charge on any atom is 0.319 e. The van der Waals surface area contributed by atoms with Gasteiger partial charge in [0, 0.05) is 50.9 Å². The smallest absolute Gasteiger partial charge is 0.319 e. The Morgan fingerprint density at radius 3 is 2.84 bits per heavy atom. The van der Waals surface area contributed by atoms with Crippen LogP contribution in [0.2, 0.25) is 5.02 Å². The summed E-state index contributed by atoms with van der Waals surface area (Å²) in [7, 11) is 1.42. The summed E-state index contributed by atoms with van der Waals surface area (Å²) in [6.07, 6.45) is 1.36. The van der Waals surface area contributed by atoms with Crippen molar-refractivity contribution in [2.75, 3.05) is 57.1 Å². The molecule has 0 spiro atoms. The van der Waals surface area contributed by atoms with E-state index in [1.165, 1.54) is 20.0 Å². The first kappa shape index (κ1) is 34.1. The lowest BCUT2D eigenvalue weighted by molar-refractivity contribution is -0.141. The number of rotatable bonds is 8. The maximum atomic E-state index is 17.1. The van der Waals surface area contributed by atoms with E-state index >= 15 is 4.39 Å². The monoisotopic (exact) mass is 727 g/mol. The Hall–Kier alpha value is -4.39. The number of ether oxygens (including phenoxy) is 2. The second kappa shape index (κ2) is 13.1. The van der Waals surface area contributed by atoms with E-state index < -0.39 is 23.3 Å². The molecule has 11 nitrogen and oxygen atoms in total. The van der Waals surface area contributed by atoms with Gasteiger partial charge in [0.1, 0.15) is 47.6 Å². The van der Waals surface area contributed by atoms with Gasteiger partial charge in [0.25, 0.3) is 0 Å². The first-order valence-corrected chi connectivity index (χ1v) is 17.4. The average molecular weight is 728 g/mol. The molecule has 2 fully saturated rings. The molecule has 2 amide bonds. The molecule has 2 saturated heterocycles. The molecule has 3 aliphatic heterocycles. The summed E-state index contributed by atoms with van der Waals surface area (Å²) in [5.74, 6) is -1.88. The first-order valence-electron chi connectivity index (χ1n) is 16.2. The van der Waals surface area contributed by atoms with Crippen molar-refractivity contribution in [3.05, 3.63) is 34.4 Å². The van der Waals surface area contributed by atoms with Crippen molar-refractivity contribution in [1.82, 2.24) is 19.8 Å². The normalized spacial score (nSPS) is 20.1. The molecule has 7 rings (SSSR count). The molecule has 0 unspecified atom stereocenters. The number of nitrogens with zero attached hydrogens (tertiary/aromatic N) is 6. The van der Waals surface area contributed by atoms with Crippen LogP contribution in [0.25, 0.3) is 32.1 Å². The van der Waals surface area contributed by atoms with E-state index in [0.717, 1.165) is 41.7 Å². The van der Waals surface area contributed by atoms with Gasteiger partial charge in [0.15, 0.2) is 11.6 Å². The highest BCUT2D eigenvalue weighted by atomic mass is 35.5. The van der Waals surface area contributed by atoms with Crippen molar-refractivity contribution in [2.24, 2.45) is 0 Å². The minimum atomic E-state index is -0.986. The van der Waals surface area contributed by atoms with Crippen LogP contribution in [0.5, 0.6) is 11.8 Å². The van der Waals surface area contributed by atoms with E-state index in [0.29, 0.717) is 19.4 Å². The Morgan fingerprint density at radius 1 is 1.28 bits per heavy atom. The molecule has 2 aromatic carbocycles. The predicted octanol–water partition coefficient (Wildman–Crippen LogP) is 5.84. The number of nitrogen functional groups attached to an aromatic ring is 1. The molecule has 0 saturated carbocycles. The summed E-state index contributed by atoms with van der Waals surface area (Å²) in [4.78, 5) is 38.4. The number of aromatic nitrogens is 2. The summed E-state index contributed by atoms with van der Waals surface area (Å²) in [5.41, 5.74) is 5.33. The maximum absolute atomic E-state index is 17.1. The summed E-state index contributed by atoms with van der Waals surface area (Å²) in [6.45, 7) is 3.12. The van der Waals surface area contributed by atoms with Gasteiger partial charge in [-0.25, -0.2) is 13.2 Å². The number of alkyl halides is 1. The molecule has 16 heteroatoms. The number of halogens is 4. The molecule has 4 aromatic rings. The number of hydrogen-bond donors (Lipinski definition) is 1. The van der Waals surface area contributed by atoms with Crippen molar-refractivity contribution >= 4 is 66.6 Å². The van der Waals surface area contributed by atoms with E-state index in [2.05, 4.69) is 9.88 Å². The zero-order chi connectivity index (χ0) is 35.5. The molecule has 0 aliphatic carbocycles. The molecular weight excluding hydrogens is 695 g/mol. The van der Waals surface area contributed by atoms with Crippen LogP contribution in [-0.2, 0) is 9.59 Å². The SMILES string of the molecule is CC(=O)N(C)C(=O)CCCN1CCOc2c(Cl)c(-c3ccc(F)c4sc(N)c(C#N)c34)c(F)c3nc(OC[C@@]45CCCN4C[C@H](F)C5)nc1c23. The largest absolute Gasteiger partial charge is 0.489 e. The zero-order valence-electron chi connectivity index (χ0n) is 27.3. The predicted molar refractivity (Wildman–Crippen MR) is 183 cm³/mol. The summed E-state index contributed by atoms with van der Waals surface area (Å²) >= 11 is 7.85. The fourth-order valence-electron chi connectivity index (χ4n) is 7.40. The Bertz CT molecular complexity index is 2110. The summed E-state index contributed by atoms with van der Waals surface area (Å²) < 4.78 is 59.1. The molecule has 2 atom stereocenters. The minimum Gasteiger partial charge on any atom is -0.489 e. The van der Waals surface area contributed by atoms with Crippen LogP contribution >= 0.6 is 22.9 Å². The van der Waals surface area contributed by atoms with Crippen molar-refractivity contribution in [3.63, 3.8) is 0 Å². The molecule has 2 aromatic heterocycles. The van der Waals surface area contributed by atoms with E-state index in [1.54, 1.807) is 0 Å². The second-order valence-electron chi connectivity index (χ2n) is 12.9. The van der Waals surface area contributed by atoms with Crippen molar-refractivity contribution in [1.29, 1.82) is 5.26 Å². The minimum absolute atomic E-state index is 0.00603. The van der Waals surface area contributed by atoms with E-state index in [9.17, 15) is 23.6 Å². The lowest BCUT2D eigenvalue weighted by Gasteiger charge is -2.31. The standard InChI is InChI=1S/C34H33ClF3N7O4S/c1-17(46)43(2)22(47)5-3-9-44-11-12-48-29-25-28(41-33(42-32(25)44)49-16-34-8-4-10-45(34)15-18(36)13-34)27(38)24(26(29)35)19-6-7-21(37)30-23(19)20(14-39)31(40)50-30/h6-7,18H,3-5,8-13,15-16,40H2,1-2H3/t18-,34+/m1/s1. The third kappa shape index (κ3) is 5.63. The van der Waals surface area contributed by atoms with Crippen LogP contribution < -0.4 is 20.1 Å². The molecule has 3 aliphatic rings. The van der Waals surface area contributed by atoms with Crippen LogP contribution in [0.3, 0.4) is 0 Å². The molecule has 2 N–H and O–H groups in total. The Morgan fingerprint density at radius 2 is 2.08 bits per heavy atom. The van der Waals surface area contributed by atoms with Crippen molar-refractivity contribution < 1.29 is 32.2 Å². The number of carbonyl (C=O) groups is 2. The highest BCUT2D eigenvalue weighted by Crippen LogP contribution is 2.51. The van der Waals surface area contributed by atoms with Gasteiger partial charge in [-0.1, -0.05) is 17.7 Å². The number of fused-ring (bicyclic) bond motifs is 2. The van der Waals surface area contributed by atoms with E-state index in [-0.39, 0.29) is 110 Å². The van der Waals surface area contributed by atoms with Gasteiger partial charge in [0.05, 0.1) is 32.8 Å².